The number of benzene rings is 9. The van der Waals surface area contributed by atoms with Gasteiger partial charge in [0.05, 0.1) is 16.6 Å². The van der Waals surface area contributed by atoms with Crippen LogP contribution in [0.25, 0.3) is 54.9 Å². The Morgan fingerprint density at radius 3 is 1.74 bits per heavy atom. The summed E-state index contributed by atoms with van der Waals surface area (Å²) in [6.07, 6.45) is 5.98. The quantitative estimate of drug-likeness (QED) is 0.0909. The molecule has 5 heterocycles. The van der Waals surface area contributed by atoms with E-state index in [1.807, 2.05) is 30.2 Å². The van der Waals surface area contributed by atoms with Gasteiger partial charge in [0, 0.05) is 49.9 Å². The van der Waals surface area contributed by atoms with E-state index in [2.05, 4.69) is 246 Å². The second-order valence-corrected chi connectivity index (χ2v) is 26.5. The third-order valence-electron chi connectivity index (χ3n) is 14.7. The van der Waals surface area contributed by atoms with E-state index in [4.69, 9.17) is 9.97 Å². The monoisotopic (exact) mass is 930 g/mol. The molecule has 0 amide bonds. The lowest BCUT2D eigenvalue weighted by Crippen LogP contribution is -2.80. The van der Waals surface area contributed by atoms with E-state index in [0.29, 0.717) is 0 Å². The molecule has 13 aromatic rings. The third kappa shape index (κ3) is 5.69. The van der Waals surface area contributed by atoms with Crippen LogP contribution in [-0.2, 0) is 0 Å². The normalized spacial score (nSPS) is 13.3. The molecular weight excluding hydrogens is 889 g/mol. The molecule has 0 N–H and O–H groups in total. The van der Waals surface area contributed by atoms with Crippen molar-refractivity contribution in [3.05, 3.63) is 255 Å². The van der Waals surface area contributed by atoms with Crippen LogP contribution < -0.4 is 41.5 Å². The molecule has 1 aliphatic rings. The van der Waals surface area contributed by atoms with Crippen molar-refractivity contribution in [3.63, 3.8) is 0 Å². The molecule has 0 radical (unpaired) electrons. The van der Waals surface area contributed by atoms with Crippen molar-refractivity contribution < 1.29 is 0 Å². The Hall–Kier alpha value is -8.08. The maximum Gasteiger partial charge on any atom is 0.182 e. The van der Waals surface area contributed by atoms with Crippen molar-refractivity contribution in [3.8, 4) is 5.82 Å². The number of imidazole rings is 1. The largest absolute Gasteiger partial charge is 0.299 e. The van der Waals surface area contributed by atoms with Crippen molar-refractivity contribution in [2.24, 2.45) is 0 Å². The number of hydrogen-bond acceptors (Lipinski definition) is 3. The van der Waals surface area contributed by atoms with E-state index in [0.717, 1.165) is 27.9 Å². The molecule has 0 unspecified atom stereocenters. The van der Waals surface area contributed by atoms with Gasteiger partial charge in [0.15, 0.2) is 16.1 Å². The van der Waals surface area contributed by atoms with E-state index >= 15 is 0 Å². The van der Waals surface area contributed by atoms with Gasteiger partial charge < -0.3 is 0 Å². The molecule has 324 valence electrons. The van der Waals surface area contributed by atoms with Crippen molar-refractivity contribution >= 4 is 119 Å². The molecular formula is C62H42N4SSi2. The Labute approximate surface area is 405 Å². The van der Waals surface area contributed by atoms with E-state index in [1.54, 1.807) is 0 Å². The Kier molecular flexibility index (Phi) is 9.14. The Morgan fingerprint density at radius 2 is 1.04 bits per heavy atom. The summed E-state index contributed by atoms with van der Waals surface area (Å²) in [5.74, 6) is 0.899. The van der Waals surface area contributed by atoms with Gasteiger partial charge in [0.1, 0.15) is 11.5 Å². The van der Waals surface area contributed by atoms with Gasteiger partial charge in [0.25, 0.3) is 0 Å². The number of pyridine rings is 2. The number of nitrogens with zero attached hydrogens (tertiary/aromatic N) is 4. The fraction of sp³-hybridized carbons (Fsp3) is 0. The first-order valence-corrected chi connectivity index (χ1v) is 28.4. The van der Waals surface area contributed by atoms with Gasteiger partial charge in [-0.25, -0.2) is 9.97 Å². The lowest BCUT2D eigenvalue weighted by atomic mass is 10.1. The highest BCUT2D eigenvalue weighted by Crippen LogP contribution is 2.40. The van der Waals surface area contributed by atoms with Gasteiger partial charge in [-0.1, -0.05) is 212 Å². The molecule has 7 heteroatoms. The fourth-order valence-corrected chi connectivity index (χ4v) is 24.8. The summed E-state index contributed by atoms with van der Waals surface area (Å²) in [5.41, 5.74) is 4.42. The zero-order valence-electron chi connectivity index (χ0n) is 37.4. The van der Waals surface area contributed by atoms with Gasteiger partial charge >= 0.3 is 0 Å². The number of rotatable bonds is 7. The number of para-hydroxylation sites is 2. The second kappa shape index (κ2) is 15.8. The topological polar surface area (TPSA) is 35.1 Å². The first kappa shape index (κ1) is 40.0. The molecule has 0 saturated carbocycles. The van der Waals surface area contributed by atoms with Crippen LogP contribution in [0.3, 0.4) is 0 Å². The summed E-state index contributed by atoms with van der Waals surface area (Å²) in [4.78, 5) is 12.9. The molecule has 1 aliphatic heterocycles. The lowest BCUT2D eigenvalue weighted by Gasteiger charge is -2.44. The Morgan fingerprint density at radius 1 is 0.435 bits per heavy atom. The minimum Gasteiger partial charge on any atom is -0.299 e. The predicted octanol–water partition coefficient (Wildman–Crippen LogP) is 9.35. The lowest BCUT2D eigenvalue weighted by molar-refractivity contribution is 1.08. The van der Waals surface area contributed by atoms with Crippen LogP contribution in [0.4, 0.5) is 0 Å². The maximum atomic E-state index is 5.14. The summed E-state index contributed by atoms with van der Waals surface area (Å²) in [7, 11) is -6.58. The summed E-state index contributed by atoms with van der Waals surface area (Å²) in [5, 5.41) is 17.0. The van der Waals surface area contributed by atoms with Gasteiger partial charge in [-0.2, -0.15) is 0 Å². The Balaban J connectivity index is 1.26. The summed E-state index contributed by atoms with van der Waals surface area (Å²) in [6.45, 7) is 0. The molecule has 0 fully saturated rings. The van der Waals surface area contributed by atoms with Crippen LogP contribution in [0, 0.1) is 0 Å². The first-order chi connectivity index (χ1) is 34.3. The standard InChI is InChI=1S/C62H42N4SSi2/c1-5-21-43(22-6-1)68(44-23-7-2-8-24-44,47-36-37-48-49-29-13-15-31-52(49)65-40-39-64-62(65)51(48)41-47)57-42-54-59(50-30-14-16-32-53(50)66(54)58-35-19-20-38-63-58)61-60(57)67-55-33-17-18-34-56(55)69(61,45-25-9-3-10-26-45)46-27-11-4-12-28-46/h1-42H. The number of aromatic nitrogens is 4. The van der Waals surface area contributed by atoms with E-state index in [-0.39, 0.29) is 0 Å². The minimum atomic E-state index is -3.38. The average molecular weight is 931 g/mol. The summed E-state index contributed by atoms with van der Waals surface area (Å²) in [6, 6.07) is 89.2. The first-order valence-electron chi connectivity index (χ1n) is 23.6. The molecule has 0 spiro atoms. The van der Waals surface area contributed by atoms with Crippen molar-refractivity contribution in [1.82, 2.24) is 18.9 Å². The zero-order chi connectivity index (χ0) is 45.5. The number of hydrogen-bond donors (Lipinski definition) is 0. The Bertz CT molecular complexity index is 4020. The molecule has 4 nitrogen and oxygen atoms in total. The highest BCUT2D eigenvalue weighted by molar-refractivity contribution is 8.00. The molecule has 9 aromatic carbocycles. The van der Waals surface area contributed by atoms with Crippen LogP contribution in [0.2, 0.25) is 0 Å². The fourth-order valence-electron chi connectivity index (χ4n) is 12.0. The van der Waals surface area contributed by atoms with Crippen LogP contribution in [0.15, 0.2) is 265 Å². The molecule has 0 atom stereocenters. The highest BCUT2D eigenvalue weighted by atomic mass is 32.2. The smallest absolute Gasteiger partial charge is 0.182 e. The zero-order valence-corrected chi connectivity index (χ0v) is 40.3. The molecule has 0 bridgehead atoms. The van der Waals surface area contributed by atoms with Crippen molar-refractivity contribution in [2.45, 2.75) is 9.79 Å². The molecule has 14 rings (SSSR count). The third-order valence-corrected chi connectivity index (χ3v) is 26.1. The molecule has 0 aliphatic carbocycles. The molecule has 69 heavy (non-hydrogen) atoms. The van der Waals surface area contributed by atoms with E-state index in [9.17, 15) is 0 Å². The van der Waals surface area contributed by atoms with Gasteiger partial charge in [-0.3, -0.25) is 8.97 Å². The maximum absolute atomic E-state index is 5.14. The highest BCUT2D eigenvalue weighted by Gasteiger charge is 2.52. The van der Waals surface area contributed by atoms with Gasteiger partial charge in [-0.05, 0) is 83.3 Å². The van der Waals surface area contributed by atoms with Crippen LogP contribution in [-0.4, -0.2) is 35.1 Å². The van der Waals surface area contributed by atoms with Crippen molar-refractivity contribution in [1.29, 1.82) is 0 Å². The van der Waals surface area contributed by atoms with E-state index < -0.39 is 16.1 Å². The SMILES string of the molecule is c1ccc([Si](c2ccccc2)(c2ccc3c4ccccc4n4ccnc4c3c2)c2cc3c(c4c2Sc2ccccc2[Si]4(c2ccccc2)c2ccccc2)c2ccccc2n3-c2ccccn2)cc1. The van der Waals surface area contributed by atoms with Gasteiger partial charge in [-0.15, -0.1) is 0 Å². The van der Waals surface area contributed by atoms with Crippen LogP contribution in [0.5, 0.6) is 0 Å². The molecule has 4 aromatic heterocycles. The predicted molar refractivity (Wildman–Crippen MR) is 294 cm³/mol. The van der Waals surface area contributed by atoms with Crippen molar-refractivity contribution in [2.75, 3.05) is 0 Å². The summed E-state index contributed by atoms with van der Waals surface area (Å²) >= 11 is 1.98. The van der Waals surface area contributed by atoms with Gasteiger partial charge in [0.2, 0.25) is 0 Å². The minimum absolute atomic E-state index is 0.899. The average Bonchev–Trinajstić information content (AvgIpc) is 4.06. The van der Waals surface area contributed by atoms with E-state index in [1.165, 1.54) is 78.3 Å². The molecule has 0 saturated heterocycles. The number of fused-ring (bicyclic) bond motifs is 12. The van der Waals surface area contributed by atoms with Crippen LogP contribution in [0.1, 0.15) is 0 Å². The second-order valence-electron chi connectivity index (χ2n) is 18.0. The summed E-state index contributed by atoms with van der Waals surface area (Å²) < 4.78 is 4.71. The van der Waals surface area contributed by atoms with Crippen LogP contribution >= 0.6 is 11.8 Å².